The molecular formula is C19H17N5O2. The lowest BCUT2D eigenvalue weighted by atomic mass is 10.1. The van der Waals surface area contributed by atoms with Crippen LogP contribution in [0.5, 0.6) is 0 Å². The summed E-state index contributed by atoms with van der Waals surface area (Å²) in [5.41, 5.74) is 4.09. The highest BCUT2D eigenvalue weighted by molar-refractivity contribution is 6.01. The van der Waals surface area contributed by atoms with E-state index in [2.05, 4.69) is 20.2 Å². The Hall–Kier alpha value is -3.19. The number of rotatable bonds is 2. The van der Waals surface area contributed by atoms with Gasteiger partial charge in [0.2, 0.25) is 0 Å². The maximum absolute atomic E-state index is 12.8. The second-order valence-electron chi connectivity index (χ2n) is 6.34. The van der Waals surface area contributed by atoms with Gasteiger partial charge in [-0.05, 0) is 30.3 Å². The van der Waals surface area contributed by atoms with Gasteiger partial charge in [-0.15, -0.1) is 0 Å². The molecule has 4 aromatic rings. The van der Waals surface area contributed by atoms with Crippen molar-refractivity contribution < 1.29 is 9.53 Å². The van der Waals surface area contributed by atoms with Crippen LogP contribution in [0, 0.1) is 0 Å². The number of aromatic nitrogens is 4. The van der Waals surface area contributed by atoms with Crippen molar-refractivity contribution in [1.29, 1.82) is 0 Å². The van der Waals surface area contributed by atoms with Crippen molar-refractivity contribution in [3.8, 4) is 11.5 Å². The van der Waals surface area contributed by atoms with Gasteiger partial charge in [-0.3, -0.25) is 9.89 Å². The first-order chi connectivity index (χ1) is 12.8. The number of imidazole rings is 1. The highest BCUT2D eigenvalue weighted by atomic mass is 16.5. The van der Waals surface area contributed by atoms with Gasteiger partial charge in [-0.25, -0.2) is 4.98 Å². The van der Waals surface area contributed by atoms with E-state index in [1.807, 2.05) is 47.4 Å². The third kappa shape index (κ3) is 2.44. The normalized spacial score (nSPS) is 15.0. The van der Waals surface area contributed by atoms with Crippen LogP contribution in [0.25, 0.3) is 33.5 Å². The Bertz CT molecular complexity index is 1070. The minimum atomic E-state index is 0.0203. The van der Waals surface area contributed by atoms with Crippen LogP contribution < -0.4 is 0 Å². The molecule has 0 spiro atoms. The zero-order chi connectivity index (χ0) is 17.5. The Morgan fingerprint density at radius 3 is 2.77 bits per heavy atom. The number of hydrogen-bond acceptors (Lipinski definition) is 4. The van der Waals surface area contributed by atoms with E-state index < -0.39 is 0 Å². The number of carbonyl (C=O) groups excluding carboxylic acids is 1. The molecule has 7 nitrogen and oxygen atoms in total. The number of amides is 1. The van der Waals surface area contributed by atoms with Crippen LogP contribution in [-0.4, -0.2) is 57.3 Å². The molecule has 0 saturated carbocycles. The van der Waals surface area contributed by atoms with E-state index in [0.717, 1.165) is 21.9 Å². The Morgan fingerprint density at radius 2 is 1.92 bits per heavy atom. The molecule has 1 aliphatic heterocycles. The van der Waals surface area contributed by atoms with E-state index in [9.17, 15) is 4.79 Å². The fourth-order valence-corrected chi connectivity index (χ4v) is 3.34. The molecule has 0 bridgehead atoms. The van der Waals surface area contributed by atoms with E-state index in [-0.39, 0.29) is 5.91 Å². The van der Waals surface area contributed by atoms with E-state index in [4.69, 9.17) is 4.74 Å². The van der Waals surface area contributed by atoms with Crippen LogP contribution >= 0.6 is 0 Å². The first-order valence-corrected chi connectivity index (χ1v) is 8.60. The Labute approximate surface area is 149 Å². The maximum Gasteiger partial charge on any atom is 0.254 e. The molecule has 1 fully saturated rings. The molecule has 0 radical (unpaired) electrons. The maximum atomic E-state index is 12.8. The summed E-state index contributed by atoms with van der Waals surface area (Å²) >= 11 is 0. The summed E-state index contributed by atoms with van der Waals surface area (Å²) in [6.07, 6.45) is 0. The van der Waals surface area contributed by atoms with Gasteiger partial charge < -0.3 is 14.6 Å². The largest absolute Gasteiger partial charge is 0.378 e. The molecule has 2 aromatic heterocycles. The number of para-hydroxylation sites is 2. The molecule has 5 rings (SSSR count). The lowest BCUT2D eigenvalue weighted by Crippen LogP contribution is -2.40. The molecule has 0 unspecified atom stereocenters. The Morgan fingerprint density at radius 1 is 1.08 bits per heavy atom. The number of nitrogens with one attached hydrogen (secondary N) is 2. The number of benzene rings is 2. The van der Waals surface area contributed by atoms with E-state index in [1.54, 1.807) is 0 Å². The number of fused-ring (bicyclic) bond motifs is 2. The van der Waals surface area contributed by atoms with Crippen LogP contribution in [-0.2, 0) is 4.74 Å². The number of nitrogens with zero attached hydrogens (tertiary/aromatic N) is 3. The third-order valence-electron chi connectivity index (χ3n) is 4.72. The lowest BCUT2D eigenvalue weighted by Gasteiger charge is -2.26. The second kappa shape index (κ2) is 5.96. The Kier molecular flexibility index (Phi) is 3.46. The molecule has 1 aliphatic rings. The molecule has 0 atom stereocenters. The summed E-state index contributed by atoms with van der Waals surface area (Å²) in [4.78, 5) is 22.5. The molecule has 130 valence electrons. The molecule has 7 heteroatoms. The molecule has 2 N–H and O–H groups in total. The third-order valence-corrected chi connectivity index (χ3v) is 4.72. The summed E-state index contributed by atoms with van der Waals surface area (Å²) < 4.78 is 5.33. The summed E-state index contributed by atoms with van der Waals surface area (Å²) in [6, 6.07) is 13.5. The van der Waals surface area contributed by atoms with Crippen molar-refractivity contribution in [2.45, 2.75) is 0 Å². The predicted octanol–water partition coefficient (Wildman–Crippen LogP) is 2.58. The van der Waals surface area contributed by atoms with Crippen LogP contribution in [0.1, 0.15) is 10.4 Å². The van der Waals surface area contributed by atoms with Gasteiger partial charge in [0.1, 0.15) is 5.69 Å². The summed E-state index contributed by atoms with van der Waals surface area (Å²) in [5, 5.41) is 8.31. The van der Waals surface area contributed by atoms with Crippen LogP contribution in [0.2, 0.25) is 0 Å². The van der Waals surface area contributed by atoms with E-state index in [1.165, 1.54) is 0 Å². The van der Waals surface area contributed by atoms with Gasteiger partial charge >= 0.3 is 0 Å². The quantitative estimate of drug-likeness (QED) is 0.583. The SMILES string of the molecule is O=C(c1ccc2[nH]nc(-c3nc4ccccc4[nH]3)c2c1)N1CCOCC1. The molecule has 2 aromatic carbocycles. The molecule has 3 heterocycles. The van der Waals surface area contributed by atoms with Crippen LogP contribution in [0.4, 0.5) is 0 Å². The van der Waals surface area contributed by atoms with Crippen molar-refractivity contribution in [2.24, 2.45) is 0 Å². The fourth-order valence-electron chi connectivity index (χ4n) is 3.34. The summed E-state index contributed by atoms with van der Waals surface area (Å²) in [6.45, 7) is 2.42. The van der Waals surface area contributed by atoms with Crippen LogP contribution in [0.3, 0.4) is 0 Å². The number of H-pyrrole nitrogens is 2. The first-order valence-electron chi connectivity index (χ1n) is 8.60. The Balaban J connectivity index is 1.57. The van der Waals surface area contributed by atoms with Gasteiger partial charge in [0.05, 0.1) is 29.8 Å². The summed E-state index contributed by atoms with van der Waals surface area (Å²) in [5.74, 6) is 0.709. The number of morpholine rings is 1. The predicted molar refractivity (Wildman–Crippen MR) is 97.9 cm³/mol. The zero-order valence-electron chi connectivity index (χ0n) is 14.0. The summed E-state index contributed by atoms with van der Waals surface area (Å²) in [7, 11) is 0. The molecular weight excluding hydrogens is 330 g/mol. The van der Waals surface area contributed by atoms with Gasteiger partial charge in [0.15, 0.2) is 5.82 Å². The molecule has 1 saturated heterocycles. The fraction of sp³-hybridized carbons (Fsp3) is 0.211. The van der Waals surface area contributed by atoms with Crippen molar-refractivity contribution >= 4 is 27.8 Å². The van der Waals surface area contributed by atoms with Crippen molar-refractivity contribution in [1.82, 2.24) is 25.1 Å². The van der Waals surface area contributed by atoms with E-state index >= 15 is 0 Å². The topological polar surface area (TPSA) is 86.9 Å². The standard InChI is InChI=1S/C19H17N5O2/c25-19(24-7-9-26-10-8-24)12-5-6-14-13(11-12)17(23-22-14)18-20-15-3-1-2-4-16(15)21-18/h1-6,11H,7-10H2,(H,20,21)(H,22,23). The van der Waals surface area contributed by atoms with Gasteiger partial charge in [-0.1, -0.05) is 12.1 Å². The average Bonchev–Trinajstić information content (AvgIpc) is 3.31. The monoisotopic (exact) mass is 347 g/mol. The van der Waals surface area contributed by atoms with Gasteiger partial charge in [0.25, 0.3) is 5.91 Å². The highest BCUT2D eigenvalue weighted by Crippen LogP contribution is 2.27. The number of aromatic amines is 2. The van der Waals surface area contributed by atoms with Crippen molar-refractivity contribution in [3.05, 3.63) is 48.0 Å². The molecule has 1 amide bonds. The first kappa shape index (κ1) is 15.1. The number of hydrogen-bond donors (Lipinski definition) is 2. The molecule has 26 heavy (non-hydrogen) atoms. The van der Waals surface area contributed by atoms with Gasteiger partial charge in [-0.2, -0.15) is 5.10 Å². The second-order valence-corrected chi connectivity index (χ2v) is 6.34. The minimum absolute atomic E-state index is 0.0203. The number of ether oxygens (including phenoxy) is 1. The van der Waals surface area contributed by atoms with Crippen molar-refractivity contribution in [3.63, 3.8) is 0 Å². The number of carbonyl (C=O) groups is 1. The lowest BCUT2D eigenvalue weighted by molar-refractivity contribution is 0.0303. The minimum Gasteiger partial charge on any atom is -0.378 e. The van der Waals surface area contributed by atoms with E-state index in [0.29, 0.717) is 43.4 Å². The van der Waals surface area contributed by atoms with Crippen molar-refractivity contribution in [2.75, 3.05) is 26.3 Å². The highest BCUT2D eigenvalue weighted by Gasteiger charge is 2.20. The zero-order valence-corrected chi connectivity index (χ0v) is 14.0. The van der Waals surface area contributed by atoms with Crippen LogP contribution in [0.15, 0.2) is 42.5 Å². The smallest absolute Gasteiger partial charge is 0.254 e. The average molecular weight is 347 g/mol. The molecule has 0 aliphatic carbocycles. The van der Waals surface area contributed by atoms with Gasteiger partial charge in [0, 0.05) is 24.0 Å².